The SMILES string of the molecule is CCN[C@]1(c2ccccc2)CC[C@]2(CC1)CN(c1ccccc1NC)C(=O)N2. The summed E-state index contributed by atoms with van der Waals surface area (Å²) in [5.41, 5.74) is 3.14. The van der Waals surface area contributed by atoms with E-state index >= 15 is 0 Å². The number of carbonyl (C=O) groups excluding carboxylic acids is 1. The van der Waals surface area contributed by atoms with E-state index in [1.54, 1.807) is 0 Å². The van der Waals surface area contributed by atoms with Gasteiger partial charge in [-0.3, -0.25) is 4.90 Å². The fraction of sp³-hybridized carbons (Fsp3) is 0.435. The summed E-state index contributed by atoms with van der Waals surface area (Å²) in [6.45, 7) is 3.83. The second kappa shape index (κ2) is 7.47. The molecule has 2 aromatic rings. The molecule has 1 saturated carbocycles. The molecule has 2 aromatic carbocycles. The highest BCUT2D eigenvalue weighted by Crippen LogP contribution is 2.44. The third kappa shape index (κ3) is 3.24. The zero-order chi connectivity index (χ0) is 19.6. The molecule has 1 heterocycles. The van der Waals surface area contributed by atoms with Crippen molar-refractivity contribution in [2.45, 2.75) is 43.7 Å². The zero-order valence-corrected chi connectivity index (χ0v) is 16.8. The molecule has 1 aliphatic carbocycles. The number of carbonyl (C=O) groups is 1. The Morgan fingerprint density at radius 1 is 1.00 bits per heavy atom. The average Bonchev–Trinajstić information content (AvgIpc) is 3.06. The molecule has 0 bridgehead atoms. The van der Waals surface area contributed by atoms with E-state index in [-0.39, 0.29) is 17.1 Å². The van der Waals surface area contributed by atoms with Crippen LogP contribution in [0, 0.1) is 0 Å². The minimum absolute atomic E-state index is 0.00227. The third-order valence-electron chi connectivity index (χ3n) is 6.44. The van der Waals surface area contributed by atoms with Gasteiger partial charge in [-0.25, -0.2) is 4.79 Å². The zero-order valence-electron chi connectivity index (χ0n) is 16.8. The lowest BCUT2D eigenvalue weighted by Crippen LogP contribution is -2.54. The van der Waals surface area contributed by atoms with Crippen molar-refractivity contribution < 1.29 is 4.79 Å². The van der Waals surface area contributed by atoms with Gasteiger partial charge in [0, 0.05) is 12.6 Å². The lowest BCUT2D eigenvalue weighted by Gasteiger charge is -2.45. The van der Waals surface area contributed by atoms with Crippen molar-refractivity contribution in [3.63, 3.8) is 0 Å². The number of nitrogens with zero attached hydrogens (tertiary/aromatic N) is 1. The Hall–Kier alpha value is -2.53. The van der Waals surface area contributed by atoms with Crippen molar-refractivity contribution in [3.8, 4) is 0 Å². The Kier molecular flexibility index (Phi) is 5.02. The summed E-state index contributed by atoms with van der Waals surface area (Å²) in [5, 5.41) is 10.3. The molecule has 1 spiro atoms. The fourth-order valence-corrected chi connectivity index (χ4v) is 4.92. The Balaban J connectivity index is 1.55. The fourth-order valence-electron chi connectivity index (χ4n) is 4.92. The standard InChI is InChI=1S/C23H30N4O/c1-3-25-23(18-9-5-4-6-10-18)15-13-22(14-16-23)17-27(21(28)26-22)20-12-8-7-11-19(20)24-2/h4-12,24-25H,3,13-17H2,1-2H3,(H,26,28)/t22-,23+. The van der Waals surface area contributed by atoms with Crippen LogP contribution < -0.4 is 20.9 Å². The maximum Gasteiger partial charge on any atom is 0.322 e. The second-order valence-electron chi connectivity index (χ2n) is 8.04. The number of para-hydroxylation sites is 2. The Labute approximate surface area is 167 Å². The Bertz CT molecular complexity index is 828. The van der Waals surface area contributed by atoms with Crippen LogP contribution in [0.5, 0.6) is 0 Å². The van der Waals surface area contributed by atoms with Crippen LogP contribution in [0.1, 0.15) is 38.2 Å². The molecule has 0 unspecified atom stereocenters. The topological polar surface area (TPSA) is 56.4 Å². The number of hydrogen-bond donors (Lipinski definition) is 3. The van der Waals surface area contributed by atoms with Gasteiger partial charge in [-0.1, -0.05) is 49.4 Å². The summed E-state index contributed by atoms with van der Waals surface area (Å²) in [5.74, 6) is 0. The van der Waals surface area contributed by atoms with Crippen LogP contribution >= 0.6 is 0 Å². The van der Waals surface area contributed by atoms with Gasteiger partial charge in [0.2, 0.25) is 0 Å². The number of benzene rings is 2. The summed E-state index contributed by atoms with van der Waals surface area (Å²) >= 11 is 0. The normalized spacial score (nSPS) is 27.1. The first kappa shape index (κ1) is 18.8. The molecule has 2 fully saturated rings. The molecule has 1 saturated heterocycles. The van der Waals surface area contributed by atoms with Gasteiger partial charge in [-0.15, -0.1) is 0 Å². The van der Waals surface area contributed by atoms with Crippen molar-refractivity contribution >= 4 is 17.4 Å². The van der Waals surface area contributed by atoms with E-state index in [0.717, 1.165) is 50.1 Å². The smallest absolute Gasteiger partial charge is 0.322 e. The van der Waals surface area contributed by atoms with E-state index in [9.17, 15) is 4.79 Å². The van der Waals surface area contributed by atoms with Gasteiger partial charge in [0.15, 0.2) is 0 Å². The van der Waals surface area contributed by atoms with Gasteiger partial charge in [0.25, 0.3) is 0 Å². The van der Waals surface area contributed by atoms with Crippen LogP contribution in [0.25, 0.3) is 0 Å². The molecule has 5 nitrogen and oxygen atoms in total. The molecule has 0 aromatic heterocycles. The first-order chi connectivity index (χ1) is 13.6. The van der Waals surface area contributed by atoms with Gasteiger partial charge in [-0.05, 0) is 49.9 Å². The summed E-state index contributed by atoms with van der Waals surface area (Å²) in [6, 6.07) is 18.8. The lowest BCUT2D eigenvalue weighted by molar-refractivity contribution is 0.161. The second-order valence-corrected chi connectivity index (χ2v) is 8.04. The highest BCUT2D eigenvalue weighted by Gasteiger charge is 2.49. The van der Waals surface area contributed by atoms with E-state index in [4.69, 9.17) is 0 Å². The molecule has 2 amide bonds. The third-order valence-corrected chi connectivity index (χ3v) is 6.44. The van der Waals surface area contributed by atoms with Crippen molar-refractivity contribution in [2.24, 2.45) is 0 Å². The first-order valence-electron chi connectivity index (χ1n) is 10.3. The highest BCUT2D eigenvalue weighted by molar-refractivity contribution is 5.98. The minimum Gasteiger partial charge on any atom is -0.386 e. The number of urea groups is 1. The monoisotopic (exact) mass is 378 g/mol. The van der Waals surface area contributed by atoms with E-state index in [2.05, 4.69) is 53.2 Å². The number of anilines is 2. The molecule has 148 valence electrons. The van der Waals surface area contributed by atoms with E-state index in [0.29, 0.717) is 0 Å². The Morgan fingerprint density at radius 3 is 2.36 bits per heavy atom. The molecule has 1 aliphatic heterocycles. The minimum atomic E-state index is -0.147. The van der Waals surface area contributed by atoms with Crippen molar-refractivity contribution in [1.29, 1.82) is 0 Å². The molecule has 28 heavy (non-hydrogen) atoms. The van der Waals surface area contributed by atoms with Gasteiger partial charge in [0.1, 0.15) is 0 Å². The molecular weight excluding hydrogens is 348 g/mol. The summed E-state index contributed by atoms with van der Waals surface area (Å²) < 4.78 is 0. The summed E-state index contributed by atoms with van der Waals surface area (Å²) in [4.78, 5) is 14.7. The first-order valence-corrected chi connectivity index (χ1v) is 10.3. The number of hydrogen-bond acceptors (Lipinski definition) is 3. The predicted molar refractivity (Wildman–Crippen MR) is 115 cm³/mol. The Morgan fingerprint density at radius 2 is 1.68 bits per heavy atom. The van der Waals surface area contributed by atoms with Crippen molar-refractivity contribution in [3.05, 3.63) is 60.2 Å². The van der Waals surface area contributed by atoms with Crippen LogP contribution in [0.2, 0.25) is 0 Å². The summed E-state index contributed by atoms with van der Waals surface area (Å²) in [7, 11) is 1.90. The number of nitrogens with one attached hydrogen (secondary N) is 3. The van der Waals surface area contributed by atoms with Crippen LogP contribution in [0.4, 0.5) is 16.2 Å². The molecule has 3 N–H and O–H groups in total. The van der Waals surface area contributed by atoms with Gasteiger partial charge in [0.05, 0.1) is 23.5 Å². The van der Waals surface area contributed by atoms with Crippen LogP contribution in [0.15, 0.2) is 54.6 Å². The van der Waals surface area contributed by atoms with Crippen LogP contribution in [-0.2, 0) is 5.54 Å². The molecule has 0 radical (unpaired) electrons. The van der Waals surface area contributed by atoms with Crippen molar-refractivity contribution in [2.75, 3.05) is 30.4 Å². The molecular formula is C23H30N4O. The predicted octanol–water partition coefficient (Wildman–Crippen LogP) is 4.08. The van der Waals surface area contributed by atoms with E-state index in [1.807, 2.05) is 36.2 Å². The van der Waals surface area contributed by atoms with Crippen LogP contribution in [-0.4, -0.2) is 31.7 Å². The largest absolute Gasteiger partial charge is 0.386 e. The maximum absolute atomic E-state index is 12.8. The van der Waals surface area contributed by atoms with Crippen molar-refractivity contribution in [1.82, 2.24) is 10.6 Å². The van der Waals surface area contributed by atoms with Crippen LogP contribution in [0.3, 0.4) is 0 Å². The highest BCUT2D eigenvalue weighted by atomic mass is 16.2. The van der Waals surface area contributed by atoms with Gasteiger partial charge < -0.3 is 16.0 Å². The molecule has 0 atom stereocenters. The lowest BCUT2D eigenvalue weighted by atomic mass is 9.69. The maximum atomic E-state index is 12.8. The molecule has 2 aliphatic rings. The van der Waals surface area contributed by atoms with Gasteiger partial charge >= 0.3 is 6.03 Å². The number of rotatable bonds is 5. The van der Waals surface area contributed by atoms with E-state index < -0.39 is 0 Å². The van der Waals surface area contributed by atoms with Gasteiger partial charge in [-0.2, -0.15) is 0 Å². The number of amides is 2. The quantitative estimate of drug-likeness (QED) is 0.735. The van der Waals surface area contributed by atoms with E-state index in [1.165, 1.54) is 5.56 Å². The molecule has 4 rings (SSSR count). The molecule has 5 heteroatoms. The summed E-state index contributed by atoms with van der Waals surface area (Å²) in [6.07, 6.45) is 3.98. The average molecular weight is 379 g/mol.